The Bertz CT molecular complexity index is 1680. The van der Waals surface area contributed by atoms with E-state index in [1.54, 1.807) is 11.3 Å². The molecule has 0 aliphatic heterocycles. The number of nitrogens with zero attached hydrogens (tertiary/aromatic N) is 4. The van der Waals surface area contributed by atoms with Gasteiger partial charge in [-0.2, -0.15) is 5.10 Å². The van der Waals surface area contributed by atoms with E-state index in [0.717, 1.165) is 69.3 Å². The van der Waals surface area contributed by atoms with Crippen LogP contribution in [0.2, 0.25) is 0 Å². The van der Waals surface area contributed by atoms with Gasteiger partial charge in [-0.1, -0.05) is 31.0 Å². The fraction of sp³-hybridized carbons (Fsp3) is 0.241. The van der Waals surface area contributed by atoms with Gasteiger partial charge in [-0.3, -0.25) is 15.1 Å². The van der Waals surface area contributed by atoms with Gasteiger partial charge < -0.3 is 10.3 Å². The lowest BCUT2D eigenvalue weighted by Gasteiger charge is -2.11. The molecule has 1 saturated carbocycles. The van der Waals surface area contributed by atoms with Gasteiger partial charge in [-0.05, 0) is 60.5 Å². The second kappa shape index (κ2) is 9.53. The largest absolute Gasteiger partial charge is 0.337 e. The highest BCUT2D eigenvalue weighted by Gasteiger charge is 2.17. The molecule has 37 heavy (non-hydrogen) atoms. The van der Waals surface area contributed by atoms with E-state index in [4.69, 9.17) is 9.97 Å². The average molecular weight is 506 g/mol. The zero-order chi connectivity index (χ0) is 24.6. The quantitative estimate of drug-likeness (QED) is 0.228. The number of fused-ring (bicyclic) bond motifs is 2. The van der Waals surface area contributed by atoms with Gasteiger partial charge in [0, 0.05) is 40.3 Å². The maximum absolute atomic E-state index is 4.97. The molecule has 0 amide bonds. The molecule has 0 radical (unpaired) electrons. The first kappa shape index (κ1) is 22.3. The molecule has 5 aromatic heterocycles. The van der Waals surface area contributed by atoms with E-state index in [1.807, 2.05) is 18.6 Å². The maximum Gasteiger partial charge on any atom is 0.159 e. The second-order valence-electron chi connectivity index (χ2n) is 9.82. The van der Waals surface area contributed by atoms with Crippen molar-refractivity contribution in [2.45, 2.75) is 32.2 Å². The number of para-hydroxylation sites is 1. The highest BCUT2D eigenvalue weighted by Crippen LogP contribution is 2.34. The number of hydrogen-bond donors (Lipinski definition) is 3. The number of rotatable bonds is 7. The zero-order valence-electron chi connectivity index (χ0n) is 20.4. The van der Waals surface area contributed by atoms with Crippen LogP contribution >= 0.6 is 11.3 Å². The second-order valence-corrected chi connectivity index (χ2v) is 10.8. The Kier molecular flexibility index (Phi) is 5.75. The molecule has 0 atom stereocenters. The summed E-state index contributed by atoms with van der Waals surface area (Å²) in [7, 11) is 0. The van der Waals surface area contributed by atoms with E-state index >= 15 is 0 Å². The highest BCUT2D eigenvalue weighted by atomic mass is 32.1. The van der Waals surface area contributed by atoms with Crippen molar-refractivity contribution in [1.29, 1.82) is 0 Å². The maximum atomic E-state index is 4.97. The Morgan fingerprint density at radius 3 is 2.84 bits per heavy atom. The summed E-state index contributed by atoms with van der Waals surface area (Å²) >= 11 is 1.72. The molecule has 0 saturated heterocycles. The Morgan fingerprint density at radius 1 is 1.00 bits per heavy atom. The summed E-state index contributed by atoms with van der Waals surface area (Å²) in [5, 5.41) is 14.4. The van der Waals surface area contributed by atoms with Crippen molar-refractivity contribution in [2.75, 3.05) is 6.54 Å². The van der Waals surface area contributed by atoms with E-state index in [9.17, 15) is 0 Å². The van der Waals surface area contributed by atoms with Crippen molar-refractivity contribution in [3.8, 4) is 33.2 Å². The topological polar surface area (TPSA) is 95.2 Å². The minimum atomic E-state index is 0.741. The van der Waals surface area contributed by atoms with E-state index in [0.29, 0.717) is 0 Å². The number of aromatic nitrogens is 6. The molecule has 3 N–H and O–H groups in total. The highest BCUT2D eigenvalue weighted by molar-refractivity contribution is 7.13. The van der Waals surface area contributed by atoms with Crippen LogP contribution in [0.25, 0.3) is 55.2 Å². The molecule has 1 aliphatic rings. The van der Waals surface area contributed by atoms with E-state index in [-0.39, 0.29) is 0 Å². The molecule has 1 fully saturated rings. The third-order valence-electron chi connectivity index (χ3n) is 7.30. The number of pyridine rings is 2. The molecule has 1 aliphatic carbocycles. The first-order valence-corrected chi connectivity index (χ1v) is 13.7. The van der Waals surface area contributed by atoms with Crippen LogP contribution in [0.3, 0.4) is 0 Å². The summed E-state index contributed by atoms with van der Waals surface area (Å²) in [5.74, 6) is 1.56. The van der Waals surface area contributed by atoms with E-state index < -0.39 is 0 Å². The number of hydrogen-bond acceptors (Lipinski definition) is 6. The van der Waals surface area contributed by atoms with E-state index in [1.165, 1.54) is 36.1 Å². The molecular formula is C29H27N7S. The van der Waals surface area contributed by atoms with Crippen molar-refractivity contribution in [2.24, 2.45) is 5.92 Å². The molecule has 8 heteroatoms. The van der Waals surface area contributed by atoms with Crippen LogP contribution in [0.5, 0.6) is 0 Å². The smallest absolute Gasteiger partial charge is 0.159 e. The molecule has 0 spiro atoms. The number of imidazole rings is 1. The van der Waals surface area contributed by atoms with Crippen LogP contribution in [0, 0.1) is 5.92 Å². The predicted octanol–water partition coefficient (Wildman–Crippen LogP) is 6.57. The minimum absolute atomic E-state index is 0.741. The molecule has 0 unspecified atom stereocenters. The number of benzene rings is 1. The van der Waals surface area contributed by atoms with Gasteiger partial charge in [0.1, 0.15) is 5.69 Å². The molecule has 7 nitrogen and oxygen atoms in total. The lowest BCUT2D eigenvalue weighted by atomic mass is 10.1. The van der Waals surface area contributed by atoms with Gasteiger partial charge in [0.05, 0.1) is 28.4 Å². The molecule has 5 heterocycles. The number of aromatic amines is 2. The summed E-state index contributed by atoms with van der Waals surface area (Å²) in [6, 6.07) is 14.7. The van der Waals surface area contributed by atoms with Crippen molar-refractivity contribution >= 4 is 33.3 Å². The Balaban J connectivity index is 1.20. The number of H-pyrrole nitrogens is 2. The fourth-order valence-corrected chi connectivity index (χ4v) is 6.14. The molecule has 0 bridgehead atoms. The van der Waals surface area contributed by atoms with Crippen molar-refractivity contribution in [3.05, 3.63) is 72.0 Å². The molecule has 1 aromatic carbocycles. The summed E-state index contributed by atoms with van der Waals surface area (Å²) in [4.78, 5) is 18.8. The van der Waals surface area contributed by atoms with Gasteiger partial charge in [0.25, 0.3) is 0 Å². The molecule has 7 rings (SSSR count). The Hall–Kier alpha value is -3.88. The van der Waals surface area contributed by atoms with Gasteiger partial charge >= 0.3 is 0 Å². The van der Waals surface area contributed by atoms with Crippen molar-refractivity contribution < 1.29 is 0 Å². The van der Waals surface area contributed by atoms with Crippen LogP contribution in [0.4, 0.5) is 0 Å². The SMILES string of the molecule is c1csc(-c2cccc3[nH]c(-c4n[nH]c5cnc(-c6cncc(CNCC7CCCC7)c6)cc45)nc23)c1. The summed E-state index contributed by atoms with van der Waals surface area (Å²) < 4.78 is 0. The first-order chi connectivity index (χ1) is 18.3. The molecule has 184 valence electrons. The minimum Gasteiger partial charge on any atom is -0.337 e. The predicted molar refractivity (Wildman–Crippen MR) is 149 cm³/mol. The van der Waals surface area contributed by atoms with Crippen molar-refractivity contribution in [3.63, 3.8) is 0 Å². The van der Waals surface area contributed by atoms with E-state index in [2.05, 4.69) is 73.3 Å². The lowest BCUT2D eigenvalue weighted by molar-refractivity contribution is 0.489. The van der Waals surface area contributed by atoms with Gasteiger partial charge in [-0.25, -0.2) is 4.98 Å². The first-order valence-electron chi connectivity index (χ1n) is 12.8. The van der Waals surface area contributed by atoms with Crippen LogP contribution < -0.4 is 5.32 Å². The normalized spacial score (nSPS) is 14.3. The fourth-order valence-electron chi connectivity index (χ4n) is 5.39. The number of nitrogens with one attached hydrogen (secondary N) is 3. The van der Waals surface area contributed by atoms with Crippen LogP contribution in [-0.2, 0) is 6.54 Å². The average Bonchev–Trinajstić information content (AvgIpc) is 3.74. The summed E-state index contributed by atoms with van der Waals surface area (Å²) in [6.07, 6.45) is 11.1. The third-order valence-corrected chi connectivity index (χ3v) is 8.20. The van der Waals surface area contributed by atoms with Crippen LogP contribution in [-0.4, -0.2) is 36.7 Å². The van der Waals surface area contributed by atoms with Gasteiger partial charge in [-0.15, -0.1) is 11.3 Å². The molecule has 6 aromatic rings. The van der Waals surface area contributed by atoms with Crippen LogP contribution in [0.1, 0.15) is 31.2 Å². The van der Waals surface area contributed by atoms with Crippen LogP contribution in [0.15, 0.2) is 66.4 Å². The third kappa shape index (κ3) is 4.32. The Labute approximate surface area is 218 Å². The zero-order valence-corrected chi connectivity index (χ0v) is 21.2. The summed E-state index contributed by atoms with van der Waals surface area (Å²) in [6.45, 7) is 1.90. The monoisotopic (exact) mass is 505 g/mol. The Morgan fingerprint density at radius 2 is 1.95 bits per heavy atom. The van der Waals surface area contributed by atoms with Crippen molar-refractivity contribution in [1.82, 2.24) is 35.5 Å². The van der Waals surface area contributed by atoms with Gasteiger partial charge in [0.15, 0.2) is 5.82 Å². The number of thiophene rings is 1. The summed E-state index contributed by atoms with van der Waals surface area (Å²) in [5.41, 5.74) is 7.77. The standard InChI is InChI=1S/C29H27N7S/c1-2-6-18(5-1)13-30-14-19-11-20(16-31-15-19)24-12-22-25(17-32-24)35-36-28(22)29-33-23-8-3-7-21(27(23)34-29)26-9-4-10-37-26/h3-4,7-12,15-18,30H,1-2,5-6,13-14H2,(H,33,34)(H,35,36). The van der Waals surface area contributed by atoms with Gasteiger partial charge in [0.2, 0.25) is 0 Å². The molecular weight excluding hydrogens is 478 g/mol. The lowest BCUT2D eigenvalue weighted by Crippen LogP contribution is -2.20.